The van der Waals surface area contributed by atoms with Crippen molar-refractivity contribution in [3.8, 4) is 0 Å². The van der Waals surface area contributed by atoms with Crippen molar-refractivity contribution < 1.29 is 14.5 Å². The van der Waals surface area contributed by atoms with E-state index in [1.165, 1.54) is 0 Å². The first-order chi connectivity index (χ1) is 6.34. The van der Waals surface area contributed by atoms with Crippen LogP contribution in [0.1, 0.15) is 15.4 Å². The lowest BCUT2D eigenvalue weighted by molar-refractivity contribution is 0.0701. The first-order valence-electron chi connectivity index (χ1n) is 2.95. The summed E-state index contributed by atoms with van der Waals surface area (Å²) in [5, 5.41) is 8.53. The van der Waals surface area contributed by atoms with E-state index < -0.39 is 15.6 Å². The zero-order valence-corrected chi connectivity index (χ0v) is 11.4. The number of aryl methyl sites for hydroxylation is 1. The van der Waals surface area contributed by atoms with Crippen molar-refractivity contribution in [3.05, 3.63) is 14.5 Å². The quantitative estimate of drug-likeness (QED) is 0.797. The highest BCUT2D eigenvalue weighted by Gasteiger charge is 2.11. The monoisotopic (exact) mass is 339 g/mol. The van der Waals surface area contributed by atoms with Gasteiger partial charge in [-0.25, -0.2) is 9.78 Å². The first kappa shape index (κ1) is 14.5. The molecule has 1 aromatic rings. The third-order valence-electron chi connectivity index (χ3n) is 0.965. The highest BCUT2D eigenvalue weighted by Crippen LogP contribution is 2.22. The van der Waals surface area contributed by atoms with Crippen molar-refractivity contribution in [2.75, 3.05) is 0 Å². The summed E-state index contributed by atoms with van der Waals surface area (Å²) in [5.41, 5.74) is 0.560. The van der Waals surface area contributed by atoms with Gasteiger partial charge in [-0.1, -0.05) is 11.3 Å². The lowest BCUT2D eigenvalue weighted by atomic mass is 10.4. The normalized spacial score (nSPS) is 9.57. The number of hydrogen-bond donors (Lipinski definition) is 1. The molecule has 1 heterocycles. The van der Waals surface area contributed by atoms with Crippen molar-refractivity contribution in [3.63, 3.8) is 0 Å². The fourth-order valence-electron chi connectivity index (χ4n) is 0.562. The summed E-state index contributed by atoms with van der Waals surface area (Å²) in [6.45, 7) is 1.67. The average Bonchev–Trinajstić information content (AvgIpc) is 2.28. The largest absolute Gasteiger partial charge is 0.582 e. The van der Waals surface area contributed by atoms with Gasteiger partial charge >= 0.3 is 5.97 Å². The molecule has 0 saturated carbocycles. The van der Waals surface area contributed by atoms with E-state index in [1.807, 2.05) is 0 Å². The molecule has 0 atom stereocenters. The minimum absolute atomic E-state index is 0.298. The summed E-state index contributed by atoms with van der Waals surface area (Å²) in [7, 11) is 7.36. The predicted molar refractivity (Wildman–Crippen MR) is 61.4 cm³/mol. The zero-order chi connectivity index (χ0) is 11.3. The molecule has 1 rings (SSSR count). The van der Waals surface area contributed by atoms with Gasteiger partial charge in [-0.2, -0.15) is 0 Å². The Morgan fingerprint density at radius 1 is 1.71 bits per heavy atom. The Hall–Kier alpha value is 0.470. The Morgan fingerprint density at radius 3 is 2.29 bits per heavy atom. The van der Waals surface area contributed by atoms with E-state index >= 15 is 0 Å². The van der Waals surface area contributed by atoms with Gasteiger partial charge in [-0.3, -0.25) is 0 Å². The van der Waals surface area contributed by atoms with Crippen LogP contribution in [-0.4, -0.2) is 20.6 Å². The van der Waals surface area contributed by atoms with E-state index in [-0.39, 0.29) is 0 Å². The number of thiazole rings is 1. The van der Waals surface area contributed by atoms with E-state index in [4.69, 9.17) is 9.66 Å². The zero-order valence-electron chi connectivity index (χ0n) is 6.66. The Bertz CT molecular complexity index is 317. The number of rotatable bonds is 1. The lowest BCUT2D eigenvalue weighted by Crippen LogP contribution is -1.94. The van der Waals surface area contributed by atoms with Crippen LogP contribution in [0.3, 0.4) is 0 Å². The molecule has 14 heavy (non-hydrogen) atoms. The Kier molecular flexibility index (Phi) is 7.09. The highest BCUT2D eigenvalue weighted by molar-refractivity contribution is 9.11. The second-order valence-corrected chi connectivity index (χ2v) is 6.67. The van der Waals surface area contributed by atoms with Crippen LogP contribution < -0.4 is 0 Å². The van der Waals surface area contributed by atoms with Crippen molar-refractivity contribution >= 4 is 64.2 Å². The van der Waals surface area contributed by atoms with Crippen LogP contribution in [0.25, 0.3) is 0 Å². The van der Waals surface area contributed by atoms with Crippen molar-refractivity contribution in [1.29, 1.82) is 0 Å². The molecular weight excluding hydrogens is 337 g/mol. The van der Waals surface area contributed by atoms with Crippen LogP contribution in [0, 0.1) is 6.92 Å². The van der Waals surface area contributed by atoms with Crippen molar-refractivity contribution in [1.82, 2.24) is 4.98 Å². The Balaban J connectivity index is 0.000000364. The SMILES string of the molecule is Cc1nc(Br)sc1C(=O)O.[O-][S+](Cl)Cl. The Morgan fingerprint density at radius 2 is 2.14 bits per heavy atom. The Labute approximate surface area is 105 Å². The van der Waals surface area contributed by atoms with Gasteiger partial charge in [0.2, 0.25) is 0 Å². The van der Waals surface area contributed by atoms with Gasteiger partial charge in [0.1, 0.15) is 4.88 Å². The first-order valence-corrected chi connectivity index (χ1v) is 7.36. The second-order valence-electron chi connectivity index (χ2n) is 1.87. The number of carbonyl (C=O) groups is 1. The van der Waals surface area contributed by atoms with E-state index in [9.17, 15) is 4.79 Å². The summed E-state index contributed by atoms with van der Waals surface area (Å²) < 4.78 is 9.70. The number of aromatic nitrogens is 1. The molecule has 0 amide bonds. The molecule has 0 spiro atoms. The van der Waals surface area contributed by atoms with E-state index in [2.05, 4.69) is 42.3 Å². The smallest absolute Gasteiger partial charge is 0.347 e. The number of hydrogen-bond acceptors (Lipinski definition) is 4. The summed E-state index contributed by atoms with van der Waals surface area (Å²) in [5.74, 6) is -0.916. The number of carboxylic acids is 1. The summed E-state index contributed by atoms with van der Waals surface area (Å²) >= 11 is 4.22. The molecule has 0 aromatic carbocycles. The van der Waals surface area contributed by atoms with Crippen molar-refractivity contribution in [2.24, 2.45) is 0 Å². The van der Waals surface area contributed by atoms with E-state index in [0.29, 0.717) is 14.5 Å². The van der Waals surface area contributed by atoms with Crippen LogP contribution in [0.5, 0.6) is 0 Å². The van der Waals surface area contributed by atoms with E-state index in [1.54, 1.807) is 6.92 Å². The van der Waals surface area contributed by atoms with Crippen LogP contribution in [0.4, 0.5) is 0 Å². The second kappa shape index (κ2) is 6.86. The lowest BCUT2D eigenvalue weighted by Gasteiger charge is -1.84. The summed E-state index contributed by atoms with van der Waals surface area (Å²) in [6, 6.07) is 0. The number of aromatic carboxylic acids is 1. The molecule has 0 fully saturated rings. The standard InChI is InChI=1S/C5H4BrNO2S.Cl2OS/c1-2-3(4(8)9)10-5(6)7-2;1-4(2)3/h1H3,(H,8,9);. The third-order valence-corrected chi connectivity index (χ3v) is 2.56. The molecule has 0 aliphatic heterocycles. The molecule has 80 valence electrons. The predicted octanol–water partition coefficient (Wildman–Crippen LogP) is 2.95. The van der Waals surface area contributed by atoms with Gasteiger partial charge < -0.3 is 9.66 Å². The van der Waals surface area contributed by atoms with Gasteiger partial charge in [0, 0.05) is 0 Å². The minimum atomic E-state index is -1.67. The molecule has 4 nitrogen and oxygen atoms in total. The molecule has 0 radical (unpaired) electrons. The highest BCUT2D eigenvalue weighted by atomic mass is 79.9. The molecule has 1 N–H and O–H groups in total. The van der Waals surface area contributed by atoms with Gasteiger partial charge in [0.15, 0.2) is 34.9 Å². The third kappa shape index (κ3) is 6.05. The molecule has 0 saturated heterocycles. The van der Waals surface area contributed by atoms with Crippen LogP contribution in [0.15, 0.2) is 3.92 Å². The number of nitrogens with zero attached hydrogens (tertiary/aromatic N) is 1. The maximum Gasteiger partial charge on any atom is 0.347 e. The summed E-state index contributed by atoms with van der Waals surface area (Å²) in [4.78, 5) is 14.6. The average molecular weight is 341 g/mol. The van der Waals surface area contributed by atoms with E-state index in [0.717, 1.165) is 11.3 Å². The molecule has 0 unspecified atom stereocenters. The molecule has 9 heteroatoms. The minimum Gasteiger partial charge on any atom is -0.582 e. The topological polar surface area (TPSA) is 73.2 Å². The molecule has 0 aliphatic rings. The fraction of sp³-hybridized carbons (Fsp3) is 0.200. The maximum absolute atomic E-state index is 10.4. The van der Waals surface area contributed by atoms with Gasteiger partial charge in [-0.05, 0) is 22.9 Å². The molecule has 0 bridgehead atoms. The number of carboxylic acid groups (broad SMARTS) is 1. The van der Waals surface area contributed by atoms with Gasteiger partial charge in [0.05, 0.1) is 5.69 Å². The fourth-order valence-corrected chi connectivity index (χ4v) is 1.95. The van der Waals surface area contributed by atoms with Crippen LogP contribution >= 0.6 is 48.6 Å². The van der Waals surface area contributed by atoms with Crippen molar-refractivity contribution in [2.45, 2.75) is 6.92 Å². The van der Waals surface area contributed by atoms with Gasteiger partial charge in [0.25, 0.3) is 0 Å². The number of halogens is 3. The summed E-state index contributed by atoms with van der Waals surface area (Å²) in [6.07, 6.45) is 0. The van der Waals surface area contributed by atoms with Crippen LogP contribution in [0.2, 0.25) is 0 Å². The van der Waals surface area contributed by atoms with Gasteiger partial charge in [-0.15, -0.1) is 0 Å². The maximum atomic E-state index is 10.4. The molecule has 1 aromatic heterocycles. The van der Waals surface area contributed by atoms with Crippen LogP contribution in [-0.2, 0) is 9.60 Å². The molecular formula is C5H4BrCl2NO3S2. The molecule has 0 aliphatic carbocycles.